The van der Waals surface area contributed by atoms with Crippen LogP contribution in [0.15, 0.2) is 60.8 Å². The summed E-state index contributed by atoms with van der Waals surface area (Å²) in [6, 6.07) is 10.6. The zero-order valence-corrected chi connectivity index (χ0v) is 18.7. The maximum absolute atomic E-state index is 11.8. The minimum Gasteiger partial charge on any atom is -0.338 e. The summed E-state index contributed by atoms with van der Waals surface area (Å²) in [7, 11) is 1.91. The molecular formula is C25H30N6O. The Labute approximate surface area is 188 Å². The molecule has 5 rings (SSSR count). The summed E-state index contributed by atoms with van der Waals surface area (Å²) in [5.74, 6) is 0.0290. The highest BCUT2D eigenvalue weighted by molar-refractivity contribution is 5.87. The lowest BCUT2D eigenvalue weighted by Crippen LogP contribution is -2.63. The number of amides is 1. The summed E-state index contributed by atoms with van der Waals surface area (Å²) in [4.78, 5) is 13.7. The molecular weight excluding hydrogens is 400 g/mol. The molecule has 1 atom stereocenters. The number of carbonyl (C=O) groups is 1. The molecule has 3 aliphatic rings. The first-order chi connectivity index (χ1) is 15.3. The zero-order chi connectivity index (χ0) is 22.6. The van der Waals surface area contributed by atoms with E-state index in [1.807, 2.05) is 35.2 Å². The third kappa shape index (κ3) is 3.20. The fourth-order valence-electron chi connectivity index (χ4n) is 5.35. The monoisotopic (exact) mass is 430 g/mol. The van der Waals surface area contributed by atoms with Crippen molar-refractivity contribution in [3.05, 3.63) is 72.1 Å². The molecule has 1 saturated carbocycles. The number of nitrogens with zero attached hydrogens (tertiary/aromatic N) is 4. The lowest BCUT2D eigenvalue weighted by atomic mass is 9.60. The van der Waals surface area contributed by atoms with E-state index in [1.165, 1.54) is 6.08 Å². The van der Waals surface area contributed by atoms with Gasteiger partial charge in [0.15, 0.2) is 0 Å². The number of carbonyl (C=O) groups excluding carboxylic acids is 1. The fraction of sp³-hybridized carbons (Fsp3) is 0.360. The van der Waals surface area contributed by atoms with Crippen molar-refractivity contribution in [1.82, 2.24) is 25.1 Å². The molecule has 0 bridgehead atoms. The van der Waals surface area contributed by atoms with Crippen LogP contribution in [0.2, 0.25) is 0 Å². The summed E-state index contributed by atoms with van der Waals surface area (Å²) >= 11 is 0. The first-order valence-corrected chi connectivity index (χ1v) is 11.0. The van der Waals surface area contributed by atoms with E-state index >= 15 is 0 Å². The van der Waals surface area contributed by atoms with E-state index in [2.05, 4.69) is 48.4 Å². The quantitative estimate of drug-likeness (QED) is 0.730. The first-order valence-electron chi connectivity index (χ1n) is 11.0. The van der Waals surface area contributed by atoms with Crippen molar-refractivity contribution in [3.63, 3.8) is 0 Å². The highest BCUT2D eigenvalue weighted by atomic mass is 16.2. The second kappa shape index (κ2) is 7.46. The van der Waals surface area contributed by atoms with Crippen LogP contribution in [0.3, 0.4) is 0 Å². The molecule has 1 amide bonds. The van der Waals surface area contributed by atoms with Gasteiger partial charge in [0.25, 0.3) is 0 Å². The van der Waals surface area contributed by atoms with Crippen molar-refractivity contribution in [2.45, 2.75) is 32.0 Å². The average molecular weight is 431 g/mol. The number of likely N-dealkylation sites (tertiary alicyclic amines) is 1. The Morgan fingerprint density at radius 1 is 1.28 bits per heavy atom. The van der Waals surface area contributed by atoms with Crippen LogP contribution in [0.1, 0.15) is 30.1 Å². The molecule has 1 aromatic carbocycles. The van der Waals surface area contributed by atoms with Crippen molar-refractivity contribution in [2.75, 3.05) is 20.1 Å². The third-order valence-corrected chi connectivity index (χ3v) is 7.16. The van der Waals surface area contributed by atoms with Gasteiger partial charge in [-0.15, -0.1) is 0 Å². The Hall–Kier alpha value is -3.16. The number of nitrogens with two attached hydrogens (primary N) is 1. The SMILES string of the molecule is C=CC(=O)N1CC2(CC(n3nc(-c4ccccc4)c(/C=C4/C(=C)NN(C)C4N)c3C)C2)C1. The number of hydrogen-bond acceptors (Lipinski definition) is 5. The number of hydrazine groups is 1. The molecule has 2 saturated heterocycles. The van der Waals surface area contributed by atoms with Gasteiger partial charge in [0.05, 0.1) is 11.7 Å². The van der Waals surface area contributed by atoms with Crippen LogP contribution < -0.4 is 11.2 Å². The molecule has 1 spiro atoms. The van der Waals surface area contributed by atoms with Gasteiger partial charge in [0, 0.05) is 53.6 Å². The first kappa shape index (κ1) is 20.7. The van der Waals surface area contributed by atoms with Crippen LogP contribution in [-0.4, -0.2) is 51.9 Å². The van der Waals surface area contributed by atoms with Crippen LogP contribution in [0.25, 0.3) is 17.3 Å². The molecule has 32 heavy (non-hydrogen) atoms. The van der Waals surface area contributed by atoms with Crippen LogP contribution in [-0.2, 0) is 4.79 Å². The molecule has 3 N–H and O–H groups in total. The molecule has 1 unspecified atom stereocenters. The maximum Gasteiger partial charge on any atom is 0.245 e. The smallest absolute Gasteiger partial charge is 0.245 e. The lowest BCUT2D eigenvalue weighted by Gasteiger charge is -2.58. The predicted molar refractivity (Wildman–Crippen MR) is 126 cm³/mol. The zero-order valence-electron chi connectivity index (χ0n) is 18.7. The van der Waals surface area contributed by atoms with Crippen LogP contribution >= 0.6 is 0 Å². The molecule has 7 heteroatoms. The summed E-state index contributed by atoms with van der Waals surface area (Å²) in [6.45, 7) is 11.5. The van der Waals surface area contributed by atoms with Gasteiger partial charge in [-0.2, -0.15) is 5.10 Å². The standard InChI is InChI=1S/C25H30N6O/c1-5-22(32)30-14-25(15-30)12-19(13-25)31-17(3)21(11-20-16(2)27-29(4)24(20)26)23(28-31)18-9-7-6-8-10-18/h5-11,19,24,27H,1-2,12-15,26H2,3-4H3/b20-11-. The molecule has 0 radical (unpaired) electrons. The fourth-order valence-corrected chi connectivity index (χ4v) is 5.35. The second-order valence-electron chi connectivity index (χ2n) is 9.36. The summed E-state index contributed by atoms with van der Waals surface area (Å²) in [6.07, 6.45) is 5.35. The van der Waals surface area contributed by atoms with Crippen LogP contribution in [0.5, 0.6) is 0 Å². The minimum atomic E-state index is -0.260. The Kier molecular flexibility index (Phi) is 4.83. The molecule has 1 aromatic heterocycles. The van der Waals surface area contributed by atoms with Crippen molar-refractivity contribution >= 4 is 12.0 Å². The van der Waals surface area contributed by atoms with Gasteiger partial charge in [-0.25, -0.2) is 5.01 Å². The van der Waals surface area contributed by atoms with Gasteiger partial charge in [0.2, 0.25) is 5.91 Å². The van der Waals surface area contributed by atoms with Gasteiger partial charge >= 0.3 is 0 Å². The van der Waals surface area contributed by atoms with Crippen LogP contribution in [0.4, 0.5) is 0 Å². The highest BCUT2D eigenvalue weighted by Gasteiger charge is 2.54. The van der Waals surface area contributed by atoms with E-state index < -0.39 is 0 Å². The largest absolute Gasteiger partial charge is 0.338 e. The molecule has 7 nitrogen and oxygen atoms in total. The predicted octanol–water partition coefficient (Wildman–Crippen LogP) is 2.84. The maximum atomic E-state index is 11.8. The lowest BCUT2D eigenvalue weighted by molar-refractivity contribution is -0.149. The number of aromatic nitrogens is 2. The van der Waals surface area contributed by atoms with E-state index in [-0.39, 0.29) is 17.5 Å². The average Bonchev–Trinajstić information content (AvgIpc) is 3.17. The van der Waals surface area contributed by atoms with Crippen molar-refractivity contribution in [3.8, 4) is 11.3 Å². The van der Waals surface area contributed by atoms with Crippen LogP contribution in [0, 0.1) is 12.3 Å². The van der Waals surface area contributed by atoms with Crippen molar-refractivity contribution in [1.29, 1.82) is 0 Å². The molecule has 3 heterocycles. The van der Waals surface area contributed by atoms with E-state index in [9.17, 15) is 4.79 Å². The number of hydrogen-bond donors (Lipinski definition) is 2. The Balaban J connectivity index is 1.46. The summed E-state index contributed by atoms with van der Waals surface area (Å²) in [5, 5.41) is 6.94. The van der Waals surface area contributed by atoms with Gasteiger partial charge < -0.3 is 16.1 Å². The van der Waals surface area contributed by atoms with Crippen molar-refractivity contribution < 1.29 is 4.79 Å². The number of rotatable bonds is 4. The molecule has 2 aromatic rings. The van der Waals surface area contributed by atoms with Gasteiger partial charge in [0.1, 0.15) is 6.17 Å². The summed E-state index contributed by atoms with van der Waals surface area (Å²) in [5.41, 5.74) is 15.8. The van der Waals surface area contributed by atoms with E-state index in [1.54, 1.807) is 0 Å². The molecule has 166 valence electrons. The Morgan fingerprint density at radius 3 is 2.56 bits per heavy atom. The number of nitrogens with one attached hydrogen (secondary N) is 1. The van der Waals surface area contributed by atoms with Gasteiger partial charge in [-0.05, 0) is 31.9 Å². The normalized spacial score (nSPS) is 23.8. The van der Waals surface area contributed by atoms with E-state index in [4.69, 9.17) is 10.8 Å². The number of likely N-dealkylation sites (N-methyl/N-ethyl adjacent to an activating group) is 1. The topological polar surface area (TPSA) is 79.4 Å². The Bertz CT molecular complexity index is 1120. The van der Waals surface area contributed by atoms with Crippen molar-refractivity contribution in [2.24, 2.45) is 11.1 Å². The molecule has 2 aliphatic heterocycles. The second-order valence-corrected chi connectivity index (χ2v) is 9.36. The van der Waals surface area contributed by atoms with Gasteiger partial charge in [-0.3, -0.25) is 9.48 Å². The summed E-state index contributed by atoms with van der Waals surface area (Å²) < 4.78 is 2.18. The molecule has 1 aliphatic carbocycles. The third-order valence-electron chi connectivity index (χ3n) is 7.16. The van der Waals surface area contributed by atoms with E-state index in [0.29, 0.717) is 6.04 Å². The highest BCUT2D eigenvalue weighted by Crippen LogP contribution is 2.54. The van der Waals surface area contributed by atoms with Gasteiger partial charge in [-0.1, -0.05) is 43.5 Å². The molecule has 3 fully saturated rings. The number of benzene rings is 1. The minimum absolute atomic E-state index is 0.0290. The Morgan fingerprint density at radius 2 is 1.97 bits per heavy atom. The van der Waals surface area contributed by atoms with E-state index in [0.717, 1.165) is 59.7 Å².